The van der Waals surface area contributed by atoms with Gasteiger partial charge in [-0.05, 0) is 44.9 Å². The second kappa shape index (κ2) is 8.89. The predicted octanol–water partition coefficient (Wildman–Crippen LogP) is 2.53. The Kier molecular flexibility index (Phi) is 6.87. The summed E-state index contributed by atoms with van der Waals surface area (Å²) in [6, 6.07) is 2.52. The molecular weight excluding hydrogens is 328 g/mol. The van der Waals surface area contributed by atoms with Crippen LogP contribution in [-0.4, -0.2) is 42.4 Å². The zero-order valence-corrected chi connectivity index (χ0v) is 14.6. The van der Waals surface area contributed by atoms with E-state index in [0.29, 0.717) is 19.6 Å². The van der Waals surface area contributed by atoms with Crippen LogP contribution in [0, 0.1) is 17.6 Å². The summed E-state index contributed by atoms with van der Waals surface area (Å²) in [7, 11) is 0. The zero-order valence-electron chi connectivity index (χ0n) is 14.6. The maximum atomic E-state index is 13.7. The molecule has 1 aromatic carbocycles. The van der Waals surface area contributed by atoms with Crippen molar-refractivity contribution >= 4 is 17.5 Å². The largest absolute Gasteiger partial charge is 0.356 e. The number of carbonyl (C=O) groups excluding carboxylic acids is 2. The summed E-state index contributed by atoms with van der Waals surface area (Å²) in [5, 5.41) is 5.38. The summed E-state index contributed by atoms with van der Waals surface area (Å²) in [5.74, 6) is -2.00. The SMILES string of the molecule is CCCNC(=O)C1CCCN(C(C)C(=O)Nc2ccc(F)cc2F)C1. The molecule has 2 rings (SSSR count). The predicted molar refractivity (Wildman–Crippen MR) is 92.0 cm³/mol. The van der Waals surface area contributed by atoms with Gasteiger partial charge in [-0.3, -0.25) is 14.5 Å². The number of halogens is 2. The van der Waals surface area contributed by atoms with Gasteiger partial charge in [-0.1, -0.05) is 6.92 Å². The van der Waals surface area contributed by atoms with Gasteiger partial charge in [-0.15, -0.1) is 0 Å². The molecule has 0 saturated carbocycles. The molecule has 0 aliphatic carbocycles. The van der Waals surface area contributed by atoms with Crippen LogP contribution in [-0.2, 0) is 9.59 Å². The van der Waals surface area contributed by atoms with Crippen molar-refractivity contribution in [3.8, 4) is 0 Å². The first-order valence-corrected chi connectivity index (χ1v) is 8.70. The number of nitrogens with one attached hydrogen (secondary N) is 2. The van der Waals surface area contributed by atoms with Gasteiger partial charge in [0.05, 0.1) is 17.6 Å². The summed E-state index contributed by atoms with van der Waals surface area (Å²) in [6.07, 6.45) is 2.50. The third-order valence-corrected chi connectivity index (χ3v) is 4.49. The molecule has 1 saturated heterocycles. The van der Waals surface area contributed by atoms with Gasteiger partial charge in [0.2, 0.25) is 11.8 Å². The molecule has 1 aliphatic heterocycles. The first-order valence-electron chi connectivity index (χ1n) is 8.70. The molecule has 2 N–H and O–H groups in total. The van der Waals surface area contributed by atoms with Crippen LogP contribution in [0.2, 0.25) is 0 Å². The number of likely N-dealkylation sites (tertiary alicyclic amines) is 1. The Hall–Kier alpha value is -2.02. The highest BCUT2D eigenvalue weighted by Crippen LogP contribution is 2.20. The smallest absolute Gasteiger partial charge is 0.241 e. The van der Waals surface area contributed by atoms with Crippen LogP contribution in [0.15, 0.2) is 18.2 Å². The zero-order chi connectivity index (χ0) is 18.4. The van der Waals surface area contributed by atoms with Gasteiger partial charge in [0.1, 0.15) is 11.6 Å². The molecule has 1 aliphatic rings. The molecule has 1 aromatic rings. The highest BCUT2D eigenvalue weighted by molar-refractivity contribution is 5.94. The monoisotopic (exact) mass is 353 g/mol. The fourth-order valence-electron chi connectivity index (χ4n) is 2.96. The molecule has 1 fully saturated rings. The molecule has 0 radical (unpaired) electrons. The molecule has 25 heavy (non-hydrogen) atoms. The number of hydrogen-bond donors (Lipinski definition) is 2. The molecule has 5 nitrogen and oxygen atoms in total. The average Bonchev–Trinajstić information content (AvgIpc) is 2.61. The molecule has 2 amide bonds. The van der Waals surface area contributed by atoms with E-state index in [-0.39, 0.29) is 23.4 Å². The van der Waals surface area contributed by atoms with Gasteiger partial charge in [-0.2, -0.15) is 0 Å². The molecule has 0 spiro atoms. The fraction of sp³-hybridized carbons (Fsp3) is 0.556. The quantitative estimate of drug-likeness (QED) is 0.826. The molecule has 2 atom stereocenters. The van der Waals surface area contributed by atoms with Gasteiger partial charge in [0, 0.05) is 19.2 Å². The molecular formula is C18H25F2N3O2. The Balaban J connectivity index is 1.95. The molecule has 2 unspecified atom stereocenters. The van der Waals surface area contributed by atoms with E-state index < -0.39 is 17.7 Å². The van der Waals surface area contributed by atoms with Crippen molar-refractivity contribution in [2.75, 3.05) is 25.0 Å². The van der Waals surface area contributed by atoms with E-state index in [2.05, 4.69) is 10.6 Å². The van der Waals surface area contributed by atoms with Crippen LogP contribution in [0.25, 0.3) is 0 Å². The van der Waals surface area contributed by atoms with Crippen LogP contribution in [0.5, 0.6) is 0 Å². The number of hydrogen-bond acceptors (Lipinski definition) is 3. The highest BCUT2D eigenvalue weighted by atomic mass is 19.1. The van der Waals surface area contributed by atoms with Crippen molar-refractivity contribution in [3.05, 3.63) is 29.8 Å². The van der Waals surface area contributed by atoms with Gasteiger partial charge in [-0.25, -0.2) is 8.78 Å². The standard InChI is InChI=1S/C18H25F2N3O2/c1-3-8-21-18(25)13-5-4-9-23(11-13)12(2)17(24)22-16-7-6-14(19)10-15(16)20/h6-7,10,12-13H,3-5,8-9,11H2,1-2H3,(H,21,25)(H,22,24). The van der Waals surface area contributed by atoms with Gasteiger partial charge >= 0.3 is 0 Å². The van der Waals surface area contributed by atoms with Crippen LogP contribution in [0.4, 0.5) is 14.5 Å². The number of anilines is 1. The Morgan fingerprint density at radius 1 is 1.36 bits per heavy atom. The second-order valence-electron chi connectivity index (χ2n) is 6.41. The van der Waals surface area contributed by atoms with E-state index in [9.17, 15) is 18.4 Å². The summed E-state index contributed by atoms with van der Waals surface area (Å²) in [4.78, 5) is 26.4. The average molecular weight is 353 g/mol. The first kappa shape index (κ1) is 19.3. The lowest BCUT2D eigenvalue weighted by Gasteiger charge is -2.35. The van der Waals surface area contributed by atoms with E-state index in [4.69, 9.17) is 0 Å². The Morgan fingerprint density at radius 2 is 2.12 bits per heavy atom. The van der Waals surface area contributed by atoms with Crippen LogP contribution >= 0.6 is 0 Å². The third kappa shape index (κ3) is 5.22. The Bertz CT molecular complexity index is 624. The number of benzene rings is 1. The summed E-state index contributed by atoms with van der Waals surface area (Å²) in [5.41, 5.74) is -0.0486. The van der Waals surface area contributed by atoms with Gasteiger partial charge in [0.15, 0.2) is 0 Å². The highest BCUT2D eigenvalue weighted by Gasteiger charge is 2.30. The molecule has 1 heterocycles. The van der Waals surface area contributed by atoms with Crippen molar-refractivity contribution < 1.29 is 18.4 Å². The minimum atomic E-state index is -0.809. The molecule has 138 valence electrons. The summed E-state index contributed by atoms with van der Waals surface area (Å²) >= 11 is 0. The molecule has 0 bridgehead atoms. The Morgan fingerprint density at radius 3 is 2.80 bits per heavy atom. The van der Waals surface area contributed by atoms with Crippen LogP contribution < -0.4 is 10.6 Å². The van der Waals surface area contributed by atoms with Crippen molar-refractivity contribution in [3.63, 3.8) is 0 Å². The maximum absolute atomic E-state index is 13.7. The lowest BCUT2D eigenvalue weighted by Crippen LogP contribution is -2.50. The summed E-state index contributed by atoms with van der Waals surface area (Å²) < 4.78 is 26.6. The van der Waals surface area contributed by atoms with Crippen molar-refractivity contribution in [2.45, 2.75) is 39.2 Å². The Labute approximate surface area is 146 Å². The lowest BCUT2D eigenvalue weighted by molar-refractivity contribution is -0.129. The molecule has 7 heteroatoms. The first-order chi connectivity index (χ1) is 11.9. The van der Waals surface area contributed by atoms with Gasteiger partial charge < -0.3 is 10.6 Å². The van der Waals surface area contributed by atoms with Crippen molar-refractivity contribution in [1.29, 1.82) is 0 Å². The number of amides is 2. The summed E-state index contributed by atoms with van der Waals surface area (Å²) in [6.45, 7) is 5.57. The minimum Gasteiger partial charge on any atom is -0.356 e. The lowest BCUT2D eigenvalue weighted by atomic mass is 9.96. The van der Waals surface area contributed by atoms with E-state index in [1.807, 2.05) is 11.8 Å². The fourth-order valence-corrected chi connectivity index (χ4v) is 2.96. The van der Waals surface area contributed by atoms with E-state index in [1.165, 1.54) is 6.07 Å². The van der Waals surface area contributed by atoms with E-state index in [0.717, 1.165) is 31.4 Å². The van der Waals surface area contributed by atoms with E-state index in [1.54, 1.807) is 6.92 Å². The third-order valence-electron chi connectivity index (χ3n) is 4.49. The second-order valence-corrected chi connectivity index (χ2v) is 6.41. The number of rotatable bonds is 6. The number of nitrogens with zero attached hydrogens (tertiary/aromatic N) is 1. The maximum Gasteiger partial charge on any atom is 0.241 e. The minimum absolute atomic E-state index is 0.0173. The van der Waals surface area contributed by atoms with E-state index >= 15 is 0 Å². The topological polar surface area (TPSA) is 61.4 Å². The van der Waals surface area contributed by atoms with Crippen molar-refractivity contribution in [2.24, 2.45) is 5.92 Å². The number of carbonyl (C=O) groups is 2. The molecule has 0 aromatic heterocycles. The number of piperidine rings is 1. The van der Waals surface area contributed by atoms with Crippen LogP contribution in [0.1, 0.15) is 33.1 Å². The van der Waals surface area contributed by atoms with Gasteiger partial charge in [0.25, 0.3) is 0 Å². The normalized spacial score (nSPS) is 19.3. The van der Waals surface area contributed by atoms with Crippen molar-refractivity contribution in [1.82, 2.24) is 10.2 Å². The van der Waals surface area contributed by atoms with Crippen LogP contribution in [0.3, 0.4) is 0 Å².